The highest BCUT2D eigenvalue weighted by atomic mass is 19.4. The molecule has 0 unspecified atom stereocenters. The Morgan fingerprint density at radius 2 is 1.86 bits per heavy atom. The molecule has 3 heterocycles. The van der Waals surface area contributed by atoms with Crippen LogP contribution in [0.1, 0.15) is 28.1 Å². The van der Waals surface area contributed by atoms with Crippen molar-refractivity contribution in [2.75, 3.05) is 20.1 Å². The molecule has 0 spiro atoms. The van der Waals surface area contributed by atoms with Crippen LogP contribution in [0, 0.1) is 6.92 Å². The molecule has 0 aliphatic carbocycles. The van der Waals surface area contributed by atoms with Gasteiger partial charge in [0, 0.05) is 43.0 Å². The largest absolute Gasteiger partial charge is 0.433 e. The van der Waals surface area contributed by atoms with Crippen molar-refractivity contribution in [2.45, 2.75) is 25.9 Å². The van der Waals surface area contributed by atoms with Gasteiger partial charge in [0.15, 0.2) is 0 Å². The first-order valence-electron chi connectivity index (χ1n) is 9.35. The zero-order chi connectivity index (χ0) is 19.9. The van der Waals surface area contributed by atoms with Crippen molar-refractivity contribution in [3.8, 4) is 0 Å². The number of pyridine rings is 1. The average molecular weight is 385 g/mol. The van der Waals surface area contributed by atoms with Gasteiger partial charge in [-0.1, -0.05) is 17.7 Å². The minimum Gasteiger partial charge on any atom is -0.320 e. The van der Waals surface area contributed by atoms with Gasteiger partial charge >= 0.3 is 6.18 Å². The zero-order valence-corrected chi connectivity index (χ0v) is 15.9. The molecule has 3 nitrogen and oxygen atoms in total. The number of rotatable bonds is 2. The van der Waals surface area contributed by atoms with E-state index in [1.54, 1.807) is 0 Å². The summed E-state index contributed by atoms with van der Waals surface area (Å²) in [7, 11) is 2.13. The number of alkyl halides is 3. The van der Waals surface area contributed by atoms with E-state index in [9.17, 15) is 13.2 Å². The topological polar surface area (TPSA) is 21.1 Å². The minimum atomic E-state index is -4.42. The van der Waals surface area contributed by atoms with Gasteiger partial charge in [0.2, 0.25) is 0 Å². The number of fused-ring (bicyclic) bond motifs is 3. The van der Waals surface area contributed by atoms with Crippen LogP contribution in [0.15, 0.2) is 36.5 Å². The van der Waals surface area contributed by atoms with Crippen molar-refractivity contribution >= 4 is 23.2 Å². The van der Waals surface area contributed by atoms with Crippen LogP contribution >= 0.6 is 0 Å². The number of hydrogen-bond acceptors (Lipinski definition) is 2. The maximum Gasteiger partial charge on any atom is 0.433 e. The molecule has 146 valence electrons. The van der Waals surface area contributed by atoms with Crippen molar-refractivity contribution in [3.05, 3.63) is 64.6 Å². The van der Waals surface area contributed by atoms with E-state index in [0.29, 0.717) is 5.56 Å². The lowest BCUT2D eigenvalue weighted by molar-refractivity contribution is -0.141. The SMILES string of the molecule is Cc1ccc2c(c1)c1c(n2C=Cc2ccc(C(F)(F)F)nc2)CCN(C)CC1. The maximum atomic E-state index is 12.7. The van der Waals surface area contributed by atoms with Gasteiger partial charge in [0.1, 0.15) is 5.69 Å². The quantitative estimate of drug-likeness (QED) is 0.618. The normalized spacial score (nSPS) is 15.9. The molecule has 1 aliphatic heterocycles. The Morgan fingerprint density at radius 3 is 2.57 bits per heavy atom. The van der Waals surface area contributed by atoms with Gasteiger partial charge in [0.05, 0.1) is 5.52 Å². The molecule has 1 aliphatic rings. The molecule has 1 aromatic carbocycles. The second-order valence-corrected chi connectivity index (χ2v) is 7.41. The lowest BCUT2D eigenvalue weighted by Gasteiger charge is -2.12. The summed E-state index contributed by atoms with van der Waals surface area (Å²) in [6.45, 7) is 4.10. The lowest BCUT2D eigenvalue weighted by Crippen LogP contribution is -2.21. The van der Waals surface area contributed by atoms with Gasteiger partial charge < -0.3 is 9.47 Å². The fourth-order valence-corrected chi connectivity index (χ4v) is 3.81. The number of likely N-dealkylation sites (N-methyl/N-ethyl adjacent to an activating group) is 1. The molecule has 0 bridgehead atoms. The Balaban J connectivity index is 1.75. The van der Waals surface area contributed by atoms with Crippen LogP contribution < -0.4 is 0 Å². The maximum absolute atomic E-state index is 12.7. The highest BCUT2D eigenvalue weighted by molar-refractivity contribution is 5.89. The van der Waals surface area contributed by atoms with Gasteiger partial charge in [-0.25, -0.2) is 0 Å². The van der Waals surface area contributed by atoms with Crippen molar-refractivity contribution in [1.29, 1.82) is 0 Å². The molecule has 6 heteroatoms. The number of benzene rings is 1. The van der Waals surface area contributed by atoms with E-state index in [1.165, 1.54) is 34.5 Å². The first-order valence-corrected chi connectivity index (χ1v) is 9.35. The molecule has 0 atom stereocenters. The van der Waals surface area contributed by atoms with Crippen molar-refractivity contribution in [1.82, 2.24) is 14.5 Å². The Bertz CT molecular complexity index is 1030. The smallest absolute Gasteiger partial charge is 0.320 e. The molecule has 0 amide bonds. The van der Waals surface area contributed by atoms with Crippen LogP contribution in [0.25, 0.3) is 23.2 Å². The summed E-state index contributed by atoms with van der Waals surface area (Å²) in [6.07, 6.45) is 2.55. The fourth-order valence-electron chi connectivity index (χ4n) is 3.81. The van der Waals surface area contributed by atoms with Gasteiger partial charge in [0.25, 0.3) is 0 Å². The monoisotopic (exact) mass is 385 g/mol. The highest BCUT2D eigenvalue weighted by Gasteiger charge is 2.31. The molecule has 3 aromatic rings. The standard InChI is InChI=1S/C22H22F3N3/c1-15-3-5-19-18(13-15)17-8-10-27(2)11-9-20(17)28(19)12-7-16-4-6-21(26-14-16)22(23,24)25/h3-7,12-14H,8-11H2,1-2H3. The fraction of sp³-hybridized carbons (Fsp3) is 0.318. The third kappa shape index (κ3) is 3.56. The Hall–Kier alpha value is -2.60. The summed E-state index contributed by atoms with van der Waals surface area (Å²) in [4.78, 5) is 5.87. The molecule has 0 saturated carbocycles. The van der Waals surface area contributed by atoms with Crippen molar-refractivity contribution in [3.63, 3.8) is 0 Å². The predicted octanol–water partition coefficient (Wildman–Crippen LogP) is 5.02. The molecular formula is C22H22F3N3. The molecule has 0 N–H and O–H groups in total. The van der Waals surface area contributed by atoms with Gasteiger partial charge in [-0.2, -0.15) is 13.2 Å². The van der Waals surface area contributed by atoms with E-state index >= 15 is 0 Å². The van der Waals surface area contributed by atoms with Crippen LogP contribution in [0.4, 0.5) is 13.2 Å². The molecule has 0 radical (unpaired) electrons. The summed E-state index contributed by atoms with van der Waals surface area (Å²) in [5, 5.41) is 1.26. The van der Waals surface area contributed by atoms with Crippen LogP contribution in [0.5, 0.6) is 0 Å². The van der Waals surface area contributed by atoms with Crippen molar-refractivity contribution < 1.29 is 13.2 Å². The van der Waals surface area contributed by atoms with Crippen LogP contribution in [0.3, 0.4) is 0 Å². The van der Waals surface area contributed by atoms with E-state index in [2.05, 4.69) is 46.6 Å². The van der Waals surface area contributed by atoms with Gasteiger partial charge in [-0.15, -0.1) is 0 Å². The van der Waals surface area contributed by atoms with E-state index in [1.807, 2.05) is 12.3 Å². The molecule has 4 rings (SSSR count). The van der Waals surface area contributed by atoms with Gasteiger partial charge in [-0.3, -0.25) is 4.98 Å². The van der Waals surface area contributed by atoms with Crippen LogP contribution in [-0.2, 0) is 19.0 Å². The lowest BCUT2D eigenvalue weighted by atomic mass is 10.1. The molecule has 0 fully saturated rings. The van der Waals surface area contributed by atoms with Gasteiger partial charge in [-0.05, 0) is 55.8 Å². The summed E-state index contributed by atoms with van der Waals surface area (Å²) in [5.74, 6) is 0. The number of aryl methyl sites for hydroxylation is 1. The predicted molar refractivity (Wildman–Crippen MR) is 106 cm³/mol. The highest BCUT2D eigenvalue weighted by Crippen LogP contribution is 2.31. The first-order chi connectivity index (χ1) is 13.3. The first kappa shape index (κ1) is 18.7. The second kappa shape index (κ2) is 7.09. The molecule has 0 saturated heterocycles. The third-order valence-electron chi connectivity index (χ3n) is 5.34. The zero-order valence-electron chi connectivity index (χ0n) is 15.9. The average Bonchev–Trinajstić information content (AvgIpc) is 2.79. The summed E-state index contributed by atoms with van der Waals surface area (Å²) in [5.41, 5.74) is 4.78. The van der Waals surface area contributed by atoms with Crippen molar-refractivity contribution in [2.24, 2.45) is 0 Å². The third-order valence-corrected chi connectivity index (χ3v) is 5.34. The van der Waals surface area contributed by atoms with Crippen LogP contribution in [0.2, 0.25) is 0 Å². The Morgan fingerprint density at radius 1 is 1.07 bits per heavy atom. The van der Waals surface area contributed by atoms with E-state index < -0.39 is 11.9 Å². The summed E-state index contributed by atoms with van der Waals surface area (Å²) < 4.78 is 40.3. The van der Waals surface area contributed by atoms with E-state index in [4.69, 9.17) is 0 Å². The minimum absolute atomic E-state index is 0.640. The Labute approximate surface area is 162 Å². The van der Waals surface area contributed by atoms with E-state index in [0.717, 1.165) is 37.5 Å². The summed E-state index contributed by atoms with van der Waals surface area (Å²) in [6, 6.07) is 8.92. The molecule has 28 heavy (non-hydrogen) atoms. The van der Waals surface area contributed by atoms with Crippen LogP contribution in [-0.4, -0.2) is 34.6 Å². The molecular weight excluding hydrogens is 363 g/mol. The number of nitrogens with zero attached hydrogens (tertiary/aromatic N) is 3. The second-order valence-electron chi connectivity index (χ2n) is 7.41. The number of aromatic nitrogens is 2. The van der Waals surface area contributed by atoms with E-state index in [-0.39, 0.29) is 0 Å². The number of hydrogen-bond donors (Lipinski definition) is 0. The Kier molecular flexibility index (Phi) is 4.75. The molecule has 2 aromatic heterocycles. The summed E-state index contributed by atoms with van der Waals surface area (Å²) >= 11 is 0. The number of halogens is 3.